The number of carbonyl (C=O) groups is 2. The quantitative estimate of drug-likeness (QED) is 0.173. The number of aromatic nitrogens is 1. The number of methoxy groups -OCH3 is 1. The zero-order chi connectivity index (χ0) is 27.1. The Morgan fingerprint density at radius 2 is 1.87 bits per heavy atom. The van der Waals surface area contributed by atoms with Gasteiger partial charge in [0.15, 0.2) is 5.78 Å². The van der Waals surface area contributed by atoms with Gasteiger partial charge in [0.2, 0.25) is 0 Å². The maximum Gasteiger partial charge on any atom is 0.255 e. The molecule has 4 rings (SSSR count). The first-order chi connectivity index (χ1) is 18.4. The summed E-state index contributed by atoms with van der Waals surface area (Å²) in [5.41, 5.74) is 8.60. The number of hydrogen-bond donors (Lipinski definition) is 2. The van der Waals surface area contributed by atoms with Crippen LogP contribution in [0.15, 0.2) is 42.6 Å². The minimum Gasteiger partial charge on any atom is -0.496 e. The minimum absolute atomic E-state index is 0.194. The first-order valence-corrected chi connectivity index (χ1v) is 14.0. The number of benzene rings is 2. The Morgan fingerprint density at radius 1 is 1.11 bits per heavy atom. The van der Waals surface area contributed by atoms with Gasteiger partial charge in [-0.1, -0.05) is 36.2 Å². The van der Waals surface area contributed by atoms with Crippen molar-refractivity contribution in [3.63, 3.8) is 0 Å². The highest BCUT2D eigenvalue weighted by atomic mass is 35.5. The molecule has 0 radical (unpaired) electrons. The average Bonchev–Trinajstić information content (AvgIpc) is 3.32. The number of Topliss-reactive ketones (excluding diaryl/α,β-unsaturated/α-hetero) is 1. The number of piperidine rings is 1. The third-order valence-electron chi connectivity index (χ3n) is 7.63. The van der Waals surface area contributed by atoms with Crippen LogP contribution in [0.3, 0.4) is 0 Å². The molecule has 2 aromatic carbocycles. The van der Waals surface area contributed by atoms with E-state index in [0.717, 1.165) is 74.7 Å². The molecule has 1 aliphatic rings. The van der Waals surface area contributed by atoms with Gasteiger partial charge in [-0.3, -0.25) is 9.59 Å². The normalized spacial score (nSPS) is 14.6. The van der Waals surface area contributed by atoms with Gasteiger partial charge in [0.25, 0.3) is 5.91 Å². The first-order valence-electron chi connectivity index (χ1n) is 13.7. The molecule has 0 saturated carbocycles. The summed E-state index contributed by atoms with van der Waals surface area (Å²) in [7, 11) is 1.51. The molecule has 8 heteroatoms. The number of rotatable bonds is 12. The van der Waals surface area contributed by atoms with Crippen molar-refractivity contribution in [3.05, 3.63) is 58.7 Å². The lowest BCUT2D eigenvalue weighted by molar-refractivity contribution is 0.0932. The van der Waals surface area contributed by atoms with E-state index in [-0.39, 0.29) is 11.7 Å². The number of nitrogens with zero attached hydrogens (tertiary/aromatic N) is 2. The maximum absolute atomic E-state index is 12.9. The van der Waals surface area contributed by atoms with Gasteiger partial charge < -0.3 is 25.3 Å². The predicted molar refractivity (Wildman–Crippen MR) is 154 cm³/mol. The summed E-state index contributed by atoms with van der Waals surface area (Å²) in [6.45, 7) is 6.73. The number of ether oxygens (including phenoxy) is 1. The van der Waals surface area contributed by atoms with Gasteiger partial charge in [-0.15, -0.1) is 0 Å². The van der Waals surface area contributed by atoms with Crippen molar-refractivity contribution >= 4 is 39.9 Å². The summed E-state index contributed by atoms with van der Waals surface area (Å²) in [6, 6.07) is 11.3. The highest BCUT2D eigenvalue weighted by molar-refractivity contribution is 6.33. The van der Waals surface area contributed by atoms with Gasteiger partial charge in [-0.25, -0.2) is 0 Å². The van der Waals surface area contributed by atoms with E-state index in [1.165, 1.54) is 7.11 Å². The predicted octanol–water partition coefficient (Wildman–Crippen LogP) is 5.79. The van der Waals surface area contributed by atoms with Crippen molar-refractivity contribution < 1.29 is 14.3 Å². The van der Waals surface area contributed by atoms with Gasteiger partial charge in [0, 0.05) is 48.2 Å². The smallest absolute Gasteiger partial charge is 0.255 e. The molecule has 1 saturated heterocycles. The number of likely N-dealkylation sites (tertiary alicyclic amines) is 1. The van der Waals surface area contributed by atoms with Crippen LogP contribution in [0.4, 0.5) is 5.69 Å². The lowest BCUT2D eigenvalue weighted by Gasteiger charge is -2.32. The molecule has 204 valence electrons. The van der Waals surface area contributed by atoms with Crippen LogP contribution in [-0.2, 0) is 6.54 Å². The third kappa shape index (κ3) is 6.69. The number of hydrogen-bond acceptors (Lipinski definition) is 5. The SMILES string of the molecule is CCn1cc(C(=O)CCCCCN2CCC(CNC(=O)c3cc(Cl)c(N)cc3OC)CC2)c2ccccc21. The molecule has 38 heavy (non-hydrogen) atoms. The molecule has 1 fully saturated rings. The summed E-state index contributed by atoms with van der Waals surface area (Å²) in [5.74, 6) is 0.928. The molecule has 1 amide bonds. The maximum atomic E-state index is 12.9. The van der Waals surface area contributed by atoms with E-state index < -0.39 is 0 Å². The molecular formula is C30H39ClN4O3. The first kappa shape index (κ1) is 28.0. The Kier molecular flexibility index (Phi) is 9.69. The van der Waals surface area contributed by atoms with Crippen LogP contribution < -0.4 is 15.8 Å². The number of carbonyl (C=O) groups excluding carboxylic acids is 2. The number of fused-ring (bicyclic) bond motifs is 1. The van der Waals surface area contributed by atoms with Gasteiger partial charge >= 0.3 is 0 Å². The second-order valence-corrected chi connectivity index (χ2v) is 10.6. The van der Waals surface area contributed by atoms with E-state index in [2.05, 4.69) is 27.8 Å². The Bertz CT molecular complexity index is 1260. The molecule has 0 spiro atoms. The fraction of sp³-hybridized carbons (Fsp3) is 0.467. The van der Waals surface area contributed by atoms with Crippen LogP contribution >= 0.6 is 11.6 Å². The van der Waals surface area contributed by atoms with Crippen molar-refractivity contribution in [2.24, 2.45) is 5.92 Å². The van der Waals surface area contributed by atoms with Gasteiger partial charge in [0.05, 0.1) is 23.4 Å². The van der Waals surface area contributed by atoms with Crippen LogP contribution in [0.5, 0.6) is 5.75 Å². The molecule has 0 bridgehead atoms. The minimum atomic E-state index is -0.194. The summed E-state index contributed by atoms with van der Waals surface area (Å²) >= 11 is 6.10. The summed E-state index contributed by atoms with van der Waals surface area (Å²) < 4.78 is 7.45. The number of anilines is 1. The van der Waals surface area contributed by atoms with Crippen molar-refractivity contribution in [1.29, 1.82) is 0 Å². The molecule has 3 N–H and O–H groups in total. The van der Waals surface area contributed by atoms with Gasteiger partial charge in [-0.05, 0) is 70.3 Å². The van der Waals surface area contributed by atoms with Crippen LogP contribution in [0.25, 0.3) is 10.9 Å². The zero-order valence-corrected chi connectivity index (χ0v) is 23.2. The van der Waals surface area contributed by atoms with E-state index in [0.29, 0.717) is 40.9 Å². The number of unbranched alkanes of at least 4 members (excludes halogenated alkanes) is 2. The monoisotopic (exact) mass is 538 g/mol. The number of aryl methyl sites for hydroxylation is 1. The molecule has 0 aliphatic carbocycles. The lowest BCUT2D eigenvalue weighted by Crippen LogP contribution is -2.39. The number of para-hydroxylation sites is 1. The average molecular weight is 539 g/mol. The van der Waals surface area contributed by atoms with Crippen molar-refractivity contribution in [1.82, 2.24) is 14.8 Å². The molecule has 7 nitrogen and oxygen atoms in total. The van der Waals surface area contributed by atoms with Gasteiger partial charge in [0.1, 0.15) is 5.75 Å². The fourth-order valence-electron chi connectivity index (χ4n) is 5.32. The number of nitrogens with two attached hydrogens (primary N) is 1. The number of nitrogen functional groups attached to an aromatic ring is 1. The Morgan fingerprint density at radius 3 is 2.61 bits per heavy atom. The second-order valence-electron chi connectivity index (χ2n) is 10.1. The topological polar surface area (TPSA) is 89.6 Å². The molecule has 0 atom stereocenters. The largest absolute Gasteiger partial charge is 0.496 e. The third-order valence-corrected chi connectivity index (χ3v) is 7.96. The summed E-state index contributed by atoms with van der Waals surface area (Å²) in [5, 5.41) is 4.44. The summed E-state index contributed by atoms with van der Waals surface area (Å²) in [4.78, 5) is 28.1. The van der Waals surface area contributed by atoms with Crippen molar-refractivity contribution in [2.45, 2.75) is 52.0 Å². The molecular weight excluding hydrogens is 500 g/mol. The summed E-state index contributed by atoms with van der Waals surface area (Å²) in [6.07, 6.45) is 7.80. The highest BCUT2D eigenvalue weighted by Gasteiger charge is 2.21. The molecule has 0 unspecified atom stereocenters. The van der Waals surface area contributed by atoms with E-state index >= 15 is 0 Å². The molecule has 1 aromatic heterocycles. The Hall–Kier alpha value is -3.03. The van der Waals surface area contributed by atoms with Gasteiger partial charge in [-0.2, -0.15) is 0 Å². The lowest BCUT2D eigenvalue weighted by atomic mass is 9.96. The van der Waals surface area contributed by atoms with E-state index in [1.807, 2.05) is 24.4 Å². The number of ketones is 1. The molecule has 2 heterocycles. The number of halogens is 1. The molecule has 3 aromatic rings. The van der Waals surface area contributed by atoms with Crippen LogP contribution in [0.1, 0.15) is 66.2 Å². The van der Waals surface area contributed by atoms with Crippen LogP contribution in [0.2, 0.25) is 5.02 Å². The second kappa shape index (κ2) is 13.2. The zero-order valence-electron chi connectivity index (χ0n) is 22.5. The Labute approximate surface area is 230 Å². The Balaban J connectivity index is 1.13. The van der Waals surface area contributed by atoms with Crippen LogP contribution in [0, 0.1) is 5.92 Å². The van der Waals surface area contributed by atoms with Crippen molar-refractivity contribution in [2.75, 3.05) is 39.0 Å². The van der Waals surface area contributed by atoms with E-state index in [9.17, 15) is 9.59 Å². The molecule has 1 aliphatic heterocycles. The van der Waals surface area contributed by atoms with Crippen LogP contribution in [-0.4, -0.2) is 54.4 Å². The number of amides is 1. The van der Waals surface area contributed by atoms with E-state index in [4.69, 9.17) is 22.1 Å². The fourth-order valence-corrected chi connectivity index (χ4v) is 5.49. The number of nitrogens with one attached hydrogen (secondary N) is 1. The highest BCUT2D eigenvalue weighted by Crippen LogP contribution is 2.29. The van der Waals surface area contributed by atoms with Crippen molar-refractivity contribution in [3.8, 4) is 5.75 Å². The van der Waals surface area contributed by atoms with E-state index in [1.54, 1.807) is 12.1 Å². The standard InChI is InChI=1S/C30H39ClN4O3/c1-3-35-20-24(22-9-6-7-10-27(22)35)28(36)11-5-4-8-14-34-15-12-21(13-16-34)19-33-30(37)23-17-25(31)26(32)18-29(23)38-2/h6-7,9-10,17-18,20-21H,3-5,8,11-16,19,32H2,1-2H3,(H,33,37).